The number of carbonyl (C=O) groups excluding carboxylic acids is 1. The third-order valence-corrected chi connectivity index (χ3v) is 5.48. The molecule has 2 aromatic carbocycles. The molecule has 0 aliphatic heterocycles. The van der Waals surface area contributed by atoms with Crippen molar-refractivity contribution in [2.75, 3.05) is 47.4 Å². The van der Waals surface area contributed by atoms with Crippen LogP contribution in [0.15, 0.2) is 42.5 Å². The van der Waals surface area contributed by atoms with E-state index in [1.54, 1.807) is 27.2 Å². The number of hydrogen-bond donors (Lipinski definition) is 0. The van der Waals surface area contributed by atoms with Crippen LogP contribution in [0.4, 0.5) is 0 Å². The van der Waals surface area contributed by atoms with Gasteiger partial charge in [-0.05, 0) is 62.8 Å². The molecule has 0 saturated heterocycles. The van der Waals surface area contributed by atoms with Gasteiger partial charge in [0.25, 0.3) is 0 Å². The maximum absolute atomic E-state index is 13.6. The van der Waals surface area contributed by atoms with Crippen LogP contribution in [0.2, 0.25) is 0 Å². The SMILES string of the molecule is CCOC(C#CC(=O)[C@@](C)(OCOCCOC)c1cc(OC)c(C)cc1OCc1ccccc1)OCC. The number of ether oxygens (including phenoxy) is 7. The predicted octanol–water partition coefficient (Wildman–Crippen LogP) is 4.41. The summed E-state index contributed by atoms with van der Waals surface area (Å²) in [7, 11) is 3.15. The van der Waals surface area contributed by atoms with E-state index in [2.05, 4.69) is 11.8 Å². The van der Waals surface area contributed by atoms with Crippen molar-refractivity contribution in [3.63, 3.8) is 0 Å². The molecule has 0 spiro atoms. The minimum Gasteiger partial charge on any atom is -0.496 e. The summed E-state index contributed by atoms with van der Waals surface area (Å²) in [5, 5.41) is 0. The van der Waals surface area contributed by atoms with E-state index in [0.29, 0.717) is 50.1 Å². The zero-order valence-electron chi connectivity index (χ0n) is 22.6. The molecule has 0 N–H and O–H groups in total. The van der Waals surface area contributed by atoms with Gasteiger partial charge in [0.1, 0.15) is 24.9 Å². The van der Waals surface area contributed by atoms with Crippen LogP contribution >= 0.6 is 0 Å². The molecule has 0 heterocycles. The monoisotopic (exact) mass is 514 g/mol. The molecule has 2 aromatic rings. The molecule has 0 bridgehead atoms. The fourth-order valence-corrected chi connectivity index (χ4v) is 3.41. The number of methoxy groups -OCH3 is 2. The summed E-state index contributed by atoms with van der Waals surface area (Å²) < 4.78 is 39.3. The van der Waals surface area contributed by atoms with Crippen LogP contribution in [-0.4, -0.2) is 59.5 Å². The molecule has 1 atom stereocenters. The van der Waals surface area contributed by atoms with Crippen LogP contribution in [0.1, 0.15) is 37.5 Å². The number of ketones is 1. The van der Waals surface area contributed by atoms with Crippen molar-refractivity contribution in [2.45, 2.75) is 46.2 Å². The molecule has 8 nitrogen and oxygen atoms in total. The molecule has 37 heavy (non-hydrogen) atoms. The first-order valence-electron chi connectivity index (χ1n) is 12.2. The third-order valence-electron chi connectivity index (χ3n) is 5.48. The number of benzene rings is 2. The van der Waals surface area contributed by atoms with Crippen LogP contribution in [0.5, 0.6) is 11.5 Å². The molecule has 0 unspecified atom stereocenters. The quantitative estimate of drug-likeness (QED) is 0.141. The van der Waals surface area contributed by atoms with E-state index in [-0.39, 0.29) is 6.79 Å². The van der Waals surface area contributed by atoms with Gasteiger partial charge in [-0.1, -0.05) is 30.3 Å². The molecular weight excluding hydrogens is 476 g/mol. The smallest absolute Gasteiger partial charge is 0.241 e. The molecule has 0 radical (unpaired) electrons. The zero-order valence-corrected chi connectivity index (χ0v) is 22.6. The van der Waals surface area contributed by atoms with Crippen molar-refractivity contribution in [1.29, 1.82) is 0 Å². The Morgan fingerprint density at radius 3 is 2.32 bits per heavy atom. The molecule has 0 saturated carbocycles. The molecule has 0 amide bonds. The minimum atomic E-state index is -1.55. The van der Waals surface area contributed by atoms with Gasteiger partial charge in [0, 0.05) is 25.9 Å². The highest BCUT2D eigenvalue weighted by Gasteiger charge is 2.39. The molecule has 2 rings (SSSR count). The van der Waals surface area contributed by atoms with Crippen molar-refractivity contribution in [1.82, 2.24) is 0 Å². The lowest BCUT2D eigenvalue weighted by molar-refractivity contribution is -0.163. The second kappa shape index (κ2) is 16.0. The van der Waals surface area contributed by atoms with E-state index in [4.69, 9.17) is 33.2 Å². The van der Waals surface area contributed by atoms with E-state index < -0.39 is 17.7 Å². The second-order valence-corrected chi connectivity index (χ2v) is 8.13. The molecule has 0 aromatic heterocycles. The van der Waals surface area contributed by atoms with Crippen LogP contribution in [0.25, 0.3) is 0 Å². The Morgan fingerprint density at radius 1 is 1.00 bits per heavy atom. The lowest BCUT2D eigenvalue weighted by atomic mass is 9.89. The van der Waals surface area contributed by atoms with Crippen molar-refractivity contribution in [3.05, 3.63) is 59.2 Å². The lowest BCUT2D eigenvalue weighted by Crippen LogP contribution is -2.36. The number of carbonyl (C=O) groups is 1. The van der Waals surface area contributed by atoms with Gasteiger partial charge in [0.05, 0.1) is 20.3 Å². The van der Waals surface area contributed by atoms with Gasteiger partial charge in [-0.3, -0.25) is 4.79 Å². The van der Waals surface area contributed by atoms with Gasteiger partial charge in [0.2, 0.25) is 12.1 Å². The van der Waals surface area contributed by atoms with E-state index >= 15 is 0 Å². The van der Waals surface area contributed by atoms with Gasteiger partial charge < -0.3 is 33.2 Å². The number of Topliss-reactive ketones (excluding diaryl/α,β-unsaturated/α-hetero) is 1. The highest BCUT2D eigenvalue weighted by atomic mass is 16.7. The van der Waals surface area contributed by atoms with Gasteiger partial charge >= 0.3 is 0 Å². The van der Waals surface area contributed by atoms with Crippen LogP contribution in [0, 0.1) is 18.8 Å². The number of rotatable bonds is 16. The zero-order chi connectivity index (χ0) is 27.1. The molecular formula is C29H38O8. The summed E-state index contributed by atoms with van der Waals surface area (Å²) in [6, 6.07) is 13.3. The molecule has 0 aliphatic carbocycles. The lowest BCUT2D eigenvalue weighted by Gasteiger charge is -2.29. The van der Waals surface area contributed by atoms with E-state index in [1.165, 1.54) is 0 Å². The molecule has 202 valence electrons. The molecule has 0 fully saturated rings. The standard InChI is InChI=1S/C29H38O8/c1-7-34-28(35-8-2)15-14-27(30)29(4,37-21-33-17-16-31-5)24-19-25(32-6)22(3)18-26(24)36-20-23-12-10-9-11-13-23/h9-13,18-19,28H,7-8,16-17,20-21H2,1-6H3/t29-/m0/s1. The summed E-state index contributed by atoms with van der Waals surface area (Å²) in [5.74, 6) is 5.97. The Kier molecular flexibility index (Phi) is 13.1. The maximum atomic E-state index is 13.6. The minimum absolute atomic E-state index is 0.165. The Hall–Kier alpha value is -2.93. The summed E-state index contributed by atoms with van der Waals surface area (Å²) in [6.45, 7) is 8.81. The largest absolute Gasteiger partial charge is 0.496 e. The fourth-order valence-electron chi connectivity index (χ4n) is 3.41. The summed E-state index contributed by atoms with van der Waals surface area (Å²) in [5.41, 5.74) is 0.745. The Morgan fingerprint density at radius 2 is 1.70 bits per heavy atom. The fraction of sp³-hybridized carbons (Fsp3) is 0.483. The topological polar surface area (TPSA) is 81.7 Å². The average Bonchev–Trinajstić information content (AvgIpc) is 2.91. The van der Waals surface area contributed by atoms with Crippen molar-refractivity contribution in [2.24, 2.45) is 0 Å². The second-order valence-electron chi connectivity index (χ2n) is 8.13. The molecule has 0 aliphatic rings. The normalized spacial score (nSPS) is 12.5. The van der Waals surface area contributed by atoms with Crippen molar-refractivity contribution in [3.8, 4) is 23.3 Å². The number of aryl methyl sites for hydroxylation is 1. The highest BCUT2D eigenvalue weighted by molar-refractivity contribution is 6.03. The first kappa shape index (κ1) is 30.3. The average molecular weight is 515 g/mol. The Balaban J connectivity index is 2.49. The van der Waals surface area contributed by atoms with Crippen molar-refractivity contribution < 1.29 is 38.0 Å². The highest BCUT2D eigenvalue weighted by Crippen LogP contribution is 2.39. The molecule has 8 heteroatoms. The van der Waals surface area contributed by atoms with E-state index in [1.807, 2.05) is 57.2 Å². The van der Waals surface area contributed by atoms with E-state index in [9.17, 15) is 4.79 Å². The summed E-state index contributed by atoms with van der Waals surface area (Å²) in [4.78, 5) is 13.6. The van der Waals surface area contributed by atoms with Crippen LogP contribution in [-0.2, 0) is 40.7 Å². The third kappa shape index (κ3) is 9.15. The van der Waals surface area contributed by atoms with E-state index in [0.717, 1.165) is 11.1 Å². The van der Waals surface area contributed by atoms with Crippen LogP contribution < -0.4 is 9.47 Å². The first-order chi connectivity index (χ1) is 17.9. The maximum Gasteiger partial charge on any atom is 0.241 e. The van der Waals surface area contributed by atoms with Gasteiger partial charge in [-0.25, -0.2) is 0 Å². The summed E-state index contributed by atoms with van der Waals surface area (Å²) >= 11 is 0. The first-order valence-corrected chi connectivity index (χ1v) is 12.2. The van der Waals surface area contributed by atoms with Crippen LogP contribution in [0.3, 0.4) is 0 Å². The van der Waals surface area contributed by atoms with Gasteiger partial charge in [-0.15, -0.1) is 0 Å². The predicted molar refractivity (Wildman–Crippen MR) is 139 cm³/mol. The van der Waals surface area contributed by atoms with Gasteiger partial charge in [-0.2, -0.15) is 0 Å². The van der Waals surface area contributed by atoms with Crippen molar-refractivity contribution >= 4 is 5.78 Å². The Labute approximate surface area is 220 Å². The number of hydrogen-bond acceptors (Lipinski definition) is 8. The summed E-state index contributed by atoms with van der Waals surface area (Å²) in [6.07, 6.45) is -0.831. The van der Waals surface area contributed by atoms with Gasteiger partial charge in [0.15, 0.2) is 5.60 Å². The Bertz CT molecular complexity index is 1020.